The lowest BCUT2D eigenvalue weighted by molar-refractivity contribution is -0.141. The van der Waals surface area contributed by atoms with Crippen molar-refractivity contribution in [2.75, 3.05) is 20.2 Å². The monoisotopic (exact) mass is 494 g/mol. The maximum Gasteiger partial charge on any atom is 0.307 e. The molecule has 1 saturated heterocycles. The van der Waals surface area contributed by atoms with Crippen LogP contribution in [0.1, 0.15) is 41.2 Å². The predicted octanol–water partition coefficient (Wildman–Crippen LogP) is 3.27. The minimum absolute atomic E-state index is 0.0511. The van der Waals surface area contributed by atoms with Crippen molar-refractivity contribution in [1.82, 2.24) is 9.62 Å². The number of amides is 1. The minimum atomic E-state index is -3.63. The Kier molecular flexibility index (Phi) is 7.27. The van der Waals surface area contributed by atoms with E-state index in [2.05, 4.69) is 21.2 Å². The Labute approximate surface area is 184 Å². The first-order valence-corrected chi connectivity index (χ1v) is 11.8. The van der Waals surface area contributed by atoms with Crippen LogP contribution in [0, 0.1) is 0 Å². The van der Waals surface area contributed by atoms with Gasteiger partial charge in [-0.15, -0.1) is 0 Å². The number of hydrogen-bond donors (Lipinski definition) is 1. The van der Waals surface area contributed by atoms with E-state index in [4.69, 9.17) is 4.74 Å². The van der Waals surface area contributed by atoms with Crippen LogP contribution in [0.2, 0.25) is 0 Å². The highest BCUT2D eigenvalue weighted by Crippen LogP contribution is 2.24. The summed E-state index contributed by atoms with van der Waals surface area (Å²) in [5.74, 6) is -0.937. The Morgan fingerprint density at radius 3 is 2.50 bits per heavy atom. The van der Waals surface area contributed by atoms with Gasteiger partial charge in [0, 0.05) is 23.1 Å². The van der Waals surface area contributed by atoms with Crippen LogP contribution < -0.4 is 5.32 Å². The van der Waals surface area contributed by atoms with Crippen LogP contribution in [0.15, 0.2) is 57.9 Å². The molecule has 0 aliphatic carbocycles. The fourth-order valence-corrected chi connectivity index (χ4v) is 5.32. The van der Waals surface area contributed by atoms with E-state index >= 15 is 0 Å². The molecule has 1 unspecified atom stereocenters. The number of benzene rings is 2. The van der Waals surface area contributed by atoms with Crippen molar-refractivity contribution in [1.29, 1.82) is 0 Å². The predicted molar refractivity (Wildman–Crippen MR) is 115 cm³/mol. The average Bonchev–Trinajstić information content (AvgIpc) is 3.29. The summed E-state index contributed by atoms with van der Waals surface area (Å²) in [5.41, 5.74) is 0.934. The molecule has 2 aromatic carbocycles. The van der Waals surface area contributed by atoms with E-state index in [9.17, 15) is 18.0 Å². The van der Waals surface area contributed by atoms with Crippen LogP contribution in [-0.2, 0) is 19.6 Å². The largest absolute Gasteiger partial charge is 0.469 e. The lowest BCUT2D eigenvalue weighted by Gasteiger charge is -2.19. The van der Waals surface area contributed by atoms with Gasteiger partial charge in [-0.25, -0.2) is 8.42 Å². The lowest BCUT2D eigenvalue weighted by Crippen LogP contribution is -2.31. The van der Waals surface area contributed by atoms with Crippen LogP contribution in [0.3, 0.4) is 0 Å². The highest BCUT2D eigenvalue weighted by Gasteiger charge is 2.28. The van der Waals surface area contributed by atoms with E-state index < -0.39 is 27.9 Å². The van der Waals surface area contributed by atoms with Gasteiger partial charge in [-0.2, -0.15) is 4.31 Å². The molecule has 0 radical (unpaired) electrons. The molecule has 9 heteroatoms. The Balaban J connectivity index is 1.84. The van der Waals surface area contributed by atoms with Gasteiger partial charge >= 0.3 is 5.97 Å². The molecule has 2 aromatic rings. The maximum absolute atomic E-state index is 12.9. The third-order valence-electron chi connectivity index (χ3n) is 4.95. The van der Waals surface area contributed by atoms with Crippen molar-refractivity contribution in [3.8, 4) is 0 Å². The standard InChI is InChI=1S/C21H23BrN2O5S/c1-29-20(25)14-19(15-6-4-8-17(22)12-15)23-21(26)16-7-5-9-18(13-16)30(27,28)24-10-2-3-11-24/h4-9,12-13,19H,2-3,10-11,14H2,1H3,(H,23,26). The van der Waals surface area contributed by atoms with E-state index in [0.29, 0.717) is 13.1 Å². The summed E-state index contributed by atoms with van der Waals surface area (Å²) in [4.78, 5) is 24.8. The van der Waals surface area contributed by atoms with E-state index in [-0.39, 0.29) is 16.9 Å². The second-order valence-electron chi connectivity index (χ2n) is 7.00. The Morgan fingerprint density at radius 2 is 1.83 bits per heavy atom. The van der Waals surface area contributed by atoms with Crippen LogP contribution in [0.25, 0.3) is 0 Å². The van der Waals surface area contributed by atoms with Crippen molar-refractivity contribution >= 4 is 37.8 Å². The smallest absolute Gasteiger partial charge is 0.307 e. The summed E-state index contributed by atoms with van der Waals surface area (Å²) in [6.07, 6.45) is 1.62. The molecule has 1 amide bonds. The van der Waals surface area contributed by atoms with Crippen LogP contribution in [-0.4, -0.2) is 44.8 Å². The first-order chi connectivity index (χ1) is 14.3. The van der Waals surface area contributed by atoms with Gasteiger partial charge in [-0.1, -0.05) is 34.1 Å². The average molecular weight is 495 g/mol. The summed E-state index contributed by atoms with van der Waals surface area (Å²) in [5, 5.41) is 2.82. The number of carbonyl (C=O) groups excluding carboxylic acids is 2. The second-order valence-corrected chi connectivity index (χ2v) is 9.85. The molecule has 3 rings (SSSR count). The van der Waals surface area contributed by atoms with Crippen LogP contribution >= 0.6 is 15.9 Å². The molecule has 1 aliphatic heterocycles. The lowest BCUT2D eigenvalue weighted by atomic mass is 10.0. The number of methoxy groups -OCH3 is 1. The van der Waals surface area contributed by atoms with E-state index in [1.165, 1.54) is 23.5 Å². The number of halogens is 1. The Bertz CT molecular complexity index is 1040. The molecule has 1 atom stereocenters. The van der Waals surface area contributed by atoms with Crippen LogP contribution in [0.4, 0.5) is 0 Å². The zero-order valence-corrected chi connectivity index (χ0v) is 18.9. The van der Waals surface area contributed by atoms with Gasteiger partial charge in [0.2, 0.25) is 10.0 Å². The maximum atomic E-state index is 12.9. The normalized spacial score (nSPS) is 15.5. The van der Waals surface area contributed by atoms with Gasteiger partial charge in [0.15, 0.2) is 0 Å². The first-order valence-electron chi connectivity index (χ1n) is 9.54. The molecule has 30 heavy (non-hydrogen) atoms. The van der Waals surface area contributed by atoms with Gasteiger partial charge in [0.05, 0.1) is 24.5 Å². The summed E-state index contributed by atoms with van der Waals surface area (Å²) in [6, 6.07) is 12.6. The van der Waals surface area contributed by atoms with Gasteiger partial charge in [-0.05, 0) is 48.7 Å². The number of sulfonamides is 1. The van der Waals surface area contributed by atoms with Gasteiger partial charge in [0.1, 0.15) is 0 Å². The van der Waals surface area contributed by atoms with Crippen molar-refractivity contribution in [3.05, 3.63) is 64.1 Å². The minimum Gasteiger partial charge on any atom is -0.469 e. The molecule has 1 aliphatic rings. The fourth-order valence-electron chi connectivity index (χ4n) is 3.34. The highest BCUT2D eigenvalue weighted by molar-refractivity contribution is 9.10. The highest BCUT2D eigenvalue weighted by atomic mass is 79.9. The SMILES string of the molecule is COC(=O)CC(NC(=O)c1cccc(S(=O)(=O)N2CCCC2)c1)c1cccc(Br)c1. The number of esters is 1. The zero-order valence-electron chi connectivity index (χ0n) is 16.5. The summed E-state index contributed by atoms with van der Waals surface area (Å²) < 4.78 is 32.6. The molecule has 1 heterocycles. The summed E-state index contributed by atoms with van der Waals surface area (Å²) in [7, 11) is -2.34. The number of carbonyl (C=O) groups is 2. The molecule has 1 fully saturated rings. The second kappa shape index (κ2) is 9.72. The number of ether oxygens (including phenoxy) is 1. The quantitative estimate of drug-likeness (QED) is 0.596. The van der Waals surface area contributed by atoms with Crippen molar-refractivity contribution in [2.24, 2.45) is 0 Å². The van der Waals surface area contributed by atoms with E-state index in [1.807, 2.05) is 12.1 Å². The molecule has 1 N–H and O–H groups in total. The molecule has 0 saturated carbocycles. The fraction of sp³-hybridized carbons (Fsp3) is 0.333. The van der Waals surface area contributed by atoms with Gasteiger partial charge in [-0.3, -0.25) is 9.59 Å². The number of rotatable bonds is 7. The molecular weight excluding hydrogens is 472 g/mol. The number of hydrogen-bond acceptors (Lipinski definition) is 5. The van der Waals surface area contributed by atoms with Gasteiger partial charge < -0.3 is 10.1 Å². The first kappa shape index (κ1) is 22.5. The summed E-state index contributed by atoms with van der Waals surface area (Å²) >= 11 is 3.39. The molecule has 0 spiro atoms. The molecule has 0 bridgehead atoms. The molecule has 0 aromatic heterocycles. The van der Waals surface area contributed by atoms with Gasteiger partial charge in [0.25, 0.3) is 5.91 Å². The van der Waals surface area contributed by atoms with Crippen molar-refractivity contribution in [3.63, 3.8) is 0 Å². The molecule has 7 nitrogen and oxygen atoms in total. The number of nitrogens with zero attached hydrogens (tertiary/aromatic N) is 1. The summed E-state index contributed by atoms with van der Waals surface area (Å²) in [6.45, 7) is 0.978. The van der Waals surface area contributed by atoms with E-state index in [0.717, 1.165) is 22.9 Å². The number of nitrogens with one attached hydrogen (secondary N) is 1. The van der Waals surface area contributed by atoms with Crippen LogP contribution in [0.5, 0.6) is 0 Å². The Morgan fingerprint density at radius 1 is 1.13 bits per heavy atom. The third-order valence-corrected chi connectivity index (χ3v) is 7.34. The van der Waals surface area contributed by atoms with E-state index in [1.54, 1.807) is 24.3 Å². The van der Waals surface area contributed by atoms with Crippen molar-refractivity contribution in [2.45, 2.75) is 30.2 Å². The third kappa shape index (κ3) is 5.27. The van der Waals surface area contributed by atoms with Crippen molar-refractivity contribution < 1.29 is 22.7 Å². The zero-order chi connectivity index (χ0) is 21.7. The topological polar surface area (TPSA) is 92.8 Å². The molecule has 160 valence electrons. The molecular formula is C21H23BrN2O5S. The Hall–Kier alpha value is -2.23.